The number of carbonyl (C=O) groups is 2. The number of hydrogen-bond donors (Lipinski definition) is 2. The molecule has 7 nitrogen and oxygen atoms in total. The quantitative estimate of drug-likeness (QED) is 0.658. The fourth-order valence-corrected chi connectivity index (χ4v) is 2.37. The first-order chi connectivity index (χ1) is 12.1. The molecule has 7 heteroatoms. The zero-order chi connectivity index (χ0) is 17.8. The van der Waals surface area contributed by atoms with Crippen molar-refractivity contribution in [3.8, 4) is 6.07 Å². The Kier molecular flexibility index (Phi) is 4.44. The van der Waals surface area contributed by atoms with Crippen LogP contribution in [0.1, 0.15) is 28.4 Å². The van der Waals surface area contributed by atoms with Crippen LogP contribution in [0, 0.1) is 11.3 Å². The van der Waals surface area contributed by atoms with Crippen LogP contribution in [0.25, 0.3) is 5.57 Å². The minimum absolute atomic E-state index is 0.257. The summed E-state index contributed by atoms with van der Waals surface area (Å²) in [6.45, 7) is 1.97. The van der Waals surface area contributed by atoms with E-state index in [0.717, 1.165) is 0 Å². The van der Waals surface area contributed by atoms with Gasteiger partial charge in [0.1, 0.15) is 5.82 Å². The van der Waals surface area contributed by atoms with E-state index >= 15 is 0 Å². The van der Waals surface area contributed by atoms with Crippen molar-refractivity contribution in [3.05, 3.63) is 59.4 Å². The molecule has 2 N–H and O–H groups in total. The van der Waals surface area contributed by atoms with Crippen molar-refractivity contribution >= 4 is 29.0 Å². The second-order valence-corrected chi connectivity index (χ2v) is 5.19. The number of pyridine rings is 1. The SMILES string of the molecule is CCOC(=O)c1cnc2c(c1)/C(=C/Nc1cccc(C#N)c1)C(=O)N2. The lowest BCUT2D eigenvalue weighted by molar-refractivity contribution is -0.110. The van der Waals surface area contributed by atoms with E-state index in [1.165, 1.54) is 12.4 Å². The van der Waals surface area contributed by atoms with Crippen molar-refractivity contribution in [2.45, 2.75) is 6.92 Å². The van der Waals surface area contributed by atoms with Crippen LogP contribution >= 0.6 is 0 Å². The van der Waals surface area contributed by atoms with Crippen LogP contribution in [0.4, 0.5) is 11.5 Å². The third-order valence-corrected chi connectivity index (χ3v) is 3.54. The average molecular weight is 334 g/mol. The molecule has 0 radical (unpaired) electrons. The van der Waals surface area contributed by atoms with E-state index in [-0.39, 0.29) is 18.1 Å². The van der Waals surface area contributed by atoms with Gasteiger partial charge in [0, 0.05) is 23.6 Å². The highest BCUT2D eigenvalue weighted by molar-refractivity contribution is 6.31. The summed E-state index contributed by atoms with van der Waals surface area (Å²) in [7, 11) is 0. The molecule has 0 unspecified atom stereocenters. The first-order valence-electron chi connectivity index (χ1n) is 7.58. The van der Waals surface area contributed by atoms with Crippen LogP contribution in [0.2, 0.25) is 0 Å². The Morgan fingerprint density at radius 2 is 2.28 bits per heavy atom. The number of rotatable bonds is 4. The fourth-order valence-electron chi connectivity index (χ4n) is 2.37. The maximum atomic E-state index is 12.2. The lowest BCUT2D eigenvalue weighted by atomic mass is 10.1. The summed E-state index contributed by atoms with van der Waals surface area (Å²) >= 11 is 0. The van der Waals surface area contributed by atoms with E-state index in [1.807, 2.05) is 0 Å². The first kappa shape index (κ1) is 16.2. The molecule has 25 heavy (non-hydrogen) atoms. The summed E-state index contributed by atoms with van der Waals surface area (Å²) in [4.78, 5) is 28.1. The van der Waals surface area contributed by atoms with Crippen LogP contribution in [-0.2, 0) is 9.53 Å². The number of aromatic nitrogens is 1. The molecular formula is C18H14N4O3. The van der Waals surface area contributed by atoms with Gasteiger partial charge in [0.15, 0.2) is 0 Å². The van der Waals surface area contributed by atoms with E-state index < -0.39 is 5.97 Å². The van der Waals surface area contributed by atoms with Gasteiger partial charge < -0.3 is 15.4 Å². The molecule has 0 saturated heterocycles. The Hall–Kier alpha value is -3.66. The van der Waals surface area contributed by atoms with Crippen molar-refractivity contribution in [2.24, 2.45) is 0 Å². The van der Waals surface area contributed by atoms with Crippen molar-refractivity contribution < 1.29 is 14.3 Å². The second-order valence-electron chi connectivity index (χ2n) is 5.19. The van der Waals surface area contributed by atoms with Gasteiger partial charge in [-0.1, -0.05) is 6.07 Å². The molecule has 0 aliphatic carbocycles. The van der Waals surface area contributed by atoms with E-state index in [4.69, 9.17) is 10.00 Å². The van der Waals surface area contributed by atoms with Crippen LogP contribution in [0.5, 0.6) is 0 Å². The van der Waals surface area contributed by atoms with Gasteiger partial charge in [-0.3, -0.25) is 4.79 Å². The second kappa shape index (κ2) is 6.84. The summed E-state index contributed by atoms with van der Waals surface area (Å²) in [5.41, 5.74) is 2.30. The maximum Gasteiger partial charge on any atom is 0.339 e. The number of nitriles is 1. The minimum atomic E-state index is -0.494. The topological polar surface area (TPSA) is 104 Å². The molecule has 2 aromatic rings. The lowest BCUT2D eigenvalue weighted by Gasteiger charge is -2.05. The van der Waals surface area contributed by atoms with Gasteiger partial charge in [-0.15, -0.1) is 0 Å². The molecule has 0 bridgehead atoms. The Morgan fingerprint density at radius 3 is 3.04 bits per heavy atom. The molecule has 124 valence electrons. The molecule has 3 rings (SSSR count). The molecule has 1 aliphatic heterocycles. The molecular weight excluding hydrogens is 320 g/mol. The lowest BCUT2D eigenvalue weighted by Crippen LogP contribution is -2.06. The van der Waals surface area contributed by atoms with Gasteiger partial charge in [0.2, 0.25) is 0 Å². The number of fused-ring (bicyclic) bond motifs is 1. The number of benzene rings is 1. The van der Waals surface area contributed by atoms with Crippen molar-refractivity contribution in [1.82, 2.24) is 4.98 Å². The summed E-state index contributed by atoms with van der Waals surface area (Å²) in [6, 6.07) is 10.5. The molecule has 0 atom stereocenters. The molecule has 0 saturated carbocycles. The largest absolute Gasteiger partial charge is 0.462 e. The van der Waals surface area contributed by atoms with E-state index in [1.54, 1.807) is 37.3 Å². The smallest absolute Gasteiger partial charge is 0.339 e. The Morgan fingerprint density at radius 1 is 1.44 bits per heavy atom. The van der Waals surface area contributed by atoms with Gasteiger partial charge in [-0.25, -0.2) is 9.78 Å². The van der Waals surface area contributed by atoms with Crippen molar-refractivity contribution in [3.63, 3.8) is 0 Å². The monoisotopic (exact) mass is 334 g/mol. The Labute approximate surface area is 143 Å². The number of nitrogens with zero attached hydrogens (tertiary/aromatic N) is 2. The molecule has 1 aromatic carbocycles. The number of amides is 1. The first-order valence-corrected chi connectivity index (χ1v) is 7.58. The van der Waals surface area contributed by atoms with E-state index in [9.17, 15) is 9.59 Å². The summed E-state index contributed by atoms with van der Waals surface area (Å²) in [6.07, 6.45) is 2.89. The fraction of sp³-hybridized carbons (Fsp3) is 0.111. The number of hydrogen-bond acceptors (Lipinski definition) is 6. The van der Waals surface area contributed by atoms with E-state index in [2.05, 4.69) is 21.7 Å². The number of nitrogens with one attached hydrogen (secondary N) is 2. The third-order valence-electron chi connectivity index (χ3n) is 3.54. The number of esters is 1. The zero-order valence-corrected chi connectivity index (χ0v) is 13.4. The Bertz CT molecular complexity index is 928. The van der Waals surface area contributed by atoms with E-state index in [0.29, 0.717) is 28.2 Å². The van der Waals surface area contributed by atoms with Crippen LogP contribution in [-0.4, -0.2) is 23.5 Å². The maximum absolute atomic E-state index is 12.2. The van der Waals surface area contributed by atoms with Crippen LogP contribution in [0.15, 0.2) is 42.7 Å². The highest BCUT2D eigenvalue weighted by Crippen LogP contribution is 2.30. The van der Waals surface area contributed by atoms with Crippen molar-refractivity contribution in [2.75, 3.05) is 17.2 Å². The number of carbonyl (C=O) groups excluding carboxylic acids is 2. The molecule has 1 aromatic heterocycles. The van der Waals surface area contributed by atoms with Gasteiger partial charge in [0.05, 0.1) is 29.4 Å². The zero-order valence-electron chi connectivity index (χ0n) is 13.4. The van der Waals surface area contributed by atoms with Gasteiger partial charge >= 0.3 is 5.97 Å². The van der Waals surface area contributed by atoms with Gasteiger partial charge in [-0.2, -0.15) is 5.26 Å². The highest BCUT2D eigenvalue weighted by Gasteiger charge is 2.26. The summed E-state index contributed by atoms with van der Waals surface area (Å²) in [5, 5.41) is 14.6. The standard InChI is InChI=1S/C18H14N4O3/c1-2-25-18(24)12-7-14-15(17(23)22-16(14)21-9-12)10-20-13-5-3-4-11(6-13)8-19/h3-7,9-10,20H,2H2,1H3,(H,21,22,23)/b15-10-. The number of ether oxygens (including phenoxy) is 1. The average Bonchev–Trinajstić information content (AvgIpc) is 2.94. The predicted molar refractivity (Wildman–Crippen MR) is 91.6 cm³/mol. The molecule has 2 heterocycles. The molecule has 0 spiro atoms. The minimum Gasteiger partial charge on any atom is -0.462 e. The van der Waals surface area contributed by atoms with Crippen molar-refractivity contribution in [1.29, 1.82) is 5.26 Å². The number of anilines is 2. The summed E-state index contributed by atoms with van der Waals surface area (Å²) < 4.78 is 4.95. The predicted octanol–water partition coefficient (Wildman–Crippen LogP) is 2.54. The molecule has 1 aliphatic rings. The third kappa shape index (κ3) is 3.33. The Balaban J connectivity index is 1.90. The highest BCUT2D eigenvalue weighted by atomic mass is 16.5. The molecule has 1 amide bonds. The van der Waals surface area contributed by atoms with Gasteiger partial charge in [0.25, 0.3) is 5.91 Å². The van der Waals surface area contributed by atoms with Crippen LogP contribution < -0.4 is 10.6 Å². The molecule has 0 fully saturated rings. The summed E-state index contributed by atoms with van der Waals surface area (Å²) in [5.74, 6) is -0.435. The van der Waals surface area contributed by atoms with Crippen LogP contribution in [0.3, 0.4) is 0 Å². The van der Waals surface area contributed by atoms with Gasteiger partial charge in [-0.05, 0) is 31.2 Å². The normalized spacial score (nSPS) is 13.8.